The number of carbonyl (C=O) groups is 1. The van der Waals surface area contributed by atoms with Gasteiger partial charge in [0.1, 0.15) is 23.6 Å². The Morgan fingerprint density at radius 3 is 2.74 bits per heavy atom. The topological polar surface area (TPSA) is 88.0 Å². The van der Waals surface area contributed by atoms with Crippen LogP contribution in [0, 0.1) is 11.7 Å². The van der Waals surface area contributed by atoms with Gasteiger partial charge in [-0.05, 0) is 62.8 Å². The van der Waals surface area contributed by atoms with Gasteiger partial charge in [0.15, 0.2) is 0 Å². The summed E-state index contributed by atoms with van der Waals surface area (Å²) in [6.45, 7) is 6.28. The lowest BCUT2D eigenvalue weighted by molar-refractivity contribution is -0.139. The van der Waals surface area contributed by atoms with Gasteiger partial charge in [-0.2, -0.15) is 0 Å². The summed E-state index contributed by atoms with van der Waals surface area (Å²) in [5.41, 5.74) is 2.16. The van der Waals surface area contributed by atoms with Crippen molar-refractivity contribution in [1.82, 2.24) is 5.32 Å². The molecule has 0 amide bonds. The molecule has 5 atom stereocenters. The molecule has 0 radical (unpaired) electrons. The van der Waals surface area contributed by atoms with E-state index in [1.807, 2.05) is 39.2 Å². The molecule has 3 N–H and O–H groups in total. The first-order valence-corrected chi connectivity index (χ1v) is 13.2. The molecule has 0 saturated heterocycles. The minimum Gasteiger partial charge on any atom is -0.487 e. The van der Waals surface area contributed by atoms with Crippen molar-refractivity contribution in [2.75, 3.05) is 19.4 Å². The lowest BCUT2D eigenvalue weighted by atomic mass is 9.94. The van der Waals surface area contributed by atoms with Crippen molar-refractivity contribution >= 4 is 29.3 Å². The molecule has 1 fully saturated rings. The molecule has 190 valence electrons. The van der Waals surface area contributed by atoms with Gasteiger partial charge < -0.3 is 25.0 Å². The van der Waals surface area contributed by atoms with Gasteiger partial charge in [-0.3, -0.25) is 4.79 Å². The SMILES string of the molecule is CSc1ccc(CC(C)(C)NC[C@@H](O)CO[C@H](C)c2ccc(Cl)c3c2C2C(O3)C2C(=O)O)cc1F. The molecule has 1 aliphatic heterocycles. The molecule has 1 saturated carbocycles. The van der Waals surface area contributed by atoms with E-state index in [1.54, 1.807) is 18.2 Å². The zero-order chi connectivity index (χ0) is 25.5. The average molecular weight is 524 g/mol. The Bertz CT molecular complexity index is 1110. The highest BCUT2D eigenvalue weighted by atomic mass is 35.5. The molecular weight excluding hydrogens is 493 g/mol. The second kappa shape index (κ2) is 10.3. The van der Waals surface area contributed by atoms with Crippen LogP contribution in [-0.4, -0.2) is 53.3 Å². The van der Waals surface area contributed by atoms with E-state index in [-0.39, 0.29) is 36.1 Å². The van der Waals surface area contributed by atoms with Crippen molar-refractivity contribution in [2.45, 2.75) is 61.9 Å². The first-order chi connectivity index (χ1) is 16.5. The van der Waals surface area contributed by atoms with E-state index in [2.05, 4.69) is 5.32 Å². The number of aliphatic hydroxyl groups excluding tert-OH is 1. The Balaban J connectivity index is 1.31. The van der Waals surface area contributed by atoms with E-state index in [9.17, 15) is 19.4 Å². The van der Waals surface area contributed by atoms with E-state index in [0.29, 0.717) is 28.6 Å². The number of halogens is 2. The van der Waals surface area contributed by atoms with E-state index in [1.165, 1.54) is 11.8 Å². The fourth-order valence-corrected chi connectivity index (χ4v) is 5.47. The van der Waals surface area contributed by atoms with Crippen LogP contribution in [0.1, 0.15) is 49.5 Å². The summed E-state index contributed by atoms with van der Waals surface area (Å²) in [5, 5.41) is 23.7. The highest BCUT2D eigenvalue weighted by Crippen LogP contribution is 2.61. The van der Waals surface area contributed by atoms with Gasteiger partial charge >= 0.3 is 5.97 Å². The number of aliphatic hydroxyl groups is 1. The van der Waals surface area contributed by atoms with Gasteiger partial charge in [0.05, 0.1) is 23.8 Å². The van der Waals surface area contributed by atoms with Crippen LogP contribution in [0.5, 0.6) is 5.75 Å². The predicted molar refractivity (Wildman–Crippen MR) is 134 cm³/mol. The maximum absolute atomic E-state index is 14.1. The summed E-state index contributed by atoms with van der Waals surface area (Å²) in [4.78, 5) is 12.1. The summed E-state index contributed by atoms with van der Waals surface area (Å²) < 4.78 is 25.9. The largest absolute Gasteiger partial charge is 0.487 e. The fourth-order valence-electron chi connectivity index (χ4n) is 4.80. The predicted octanol–water partition coefficient (Wildman–Crippen LogP) is 4.81. The number of rotatable bonds is 11. The Hall–Kier alpha value is -1.84. The molecule has 35 heavy (non-hydrogen) atoms. The Kier molecular flexibility index (Phi) is 7.69. The number of ether oxygens (including phenoxy) is 2. The van der Waals surface area contributed by atoms with Crippen LogP contribution >= 0.6 is 23.4 Å². The number of thioether (sulfide) groups is 1. The number of carboxylic acid groups (broad SMARTS) is 1. The summed E-state index contributed by atoms with van der Waals surface area (Å²) in [5.74, 6) is -1.34. The number of fused-ring (bicyclic) bond motifs is 3. The number of hydrogen-bond donors (Lipinski definition) is 3. The van der Waals surface area contributed by atoms with Gasteiger partial charge in [0.2, 0.25) is 0 Å². The molecule has 0 spiro atoms. The van der Waals surface area contributed by atoms with Gasteiger partial charge in [-0.15, -0.1) is 11.8 Å². The summed E-state index contributed by atoms with van der Waals surface area (Å²) in [7, 11) is 0. The van der Waals surface area contributed by atoms with Crippen LogP contribution in [0.25, 0.3) is 0 Å². The van der Waals surface area contributed by atoms with Crippen LogP contribution in [0.4, 0.5) is 4.39 Å². The summed E-state index contributed by atoms with van der Waals surface area (Å²) >= 11 is 7.65. The zero-order valence-corrected chi connectivity index (χ0v) is 21.8. The van der Waals surface area contributed by atoms with Gasteiger partial charge in [0.25, 0.3) is 0 Å². The second-order valence-corrected chi connectivity index (χ2v) is 11.1. The third kappa shape index (κ3) is 5.62. The van der Waals surface area contributed by atoms with E-state index in [4.69, 9.17) is 21.1 Å². The lowest BCUT2D eigenvalue weighted by Crippen LogP contribution is -2.46. The molecule has 1 aliphatic carbocycles. The number of aliphatic carboxylic acids is 1. The van der Waals surface area contributed by atoms with E-state index < -0.39 is 18.0 Å². The first-order valence-electron chi connectivity index (χ1n) is 11.6. The maximum atomic E-state index is 14.1. The maximum Gasteiger partial charge on any atom is 0.311 e. The molecule has 6 nitrogen and oxygen atoms in total. The van der Waals surface area contributed by atoms with Gasteiger partial charge in [-0.1, -0.05) is 23.7 Å². The quantitative estimate of drug-likeness (QED) is 0.364. The smallest absolute Gasteiger partial charge is 0.311 e. The number of hydrogen-bond acceptors (Lipinski definition) is 6. The molecule has 0 bridgehead atoms. The number of nitrogens with one attached hydrogen (secondary N) is 1. The fraction of sp³-hybridized carbons (Fsp3) is 0.500. The Morgan fingerprint density at radius 2 is 2.09 bits per heavy atom. The molecule has 4 rings (SSSR count). The minimum absolute atomic E-state index is 0.0933. The van der Waals surface area contributed by atoms with Gasteiger partial charge in [0, 0.05) is 28.5 Å². The summed E-state index contributed by atoms with van der Waals surface area (Å²) in [6.07, 6.45) is 0.934. The Labute approximate surface area is 214 Å². The number of benzene rings is 2. The molecule has 2 aliphatic rings. The molecule has 0 aromatic heterocycles. The van der Waals surface area contributed by atoms with Crippen molar-refractivity contribution in [2.24, 2.45) is 5.92 Å². The van der Waals surface area contributed by atoms with Crippen molar-refractivity contribution < 1.29 is 28.9 Å². The van der Waals surface area contributed by atoms with Crippen LogP contribution in [0.15, 0.2) is 35.2 Å². The molecule has 1 heterocycles. The lowest BCUT2D eigenvalue weighted by Gasteiger charge is -2.28. The van der Waals surface area contributed by atoms with Crippen molar-refractivity contribution in [3.8, 4) is 5.75 Å². The number of carboxylic acids is 1. The zero-order valence-electron chi connectivity index (χ0n) is 20.2. The van der Waals surface area contributed by atoms with Crippen molar-refractivity contribution in [3.63, 3.8) is 0 Å². The minimum atomic E-state index is -0.878. The second-order valence-electron chi connectivity index (χ2n) is 9.89. The van der Waals surface area contributed by atoms with Gasteiger partial charge in [-0.25, -0.2) is 4.39 Å². The highest BCUT2D eigenvalue weighted by molar-refractivity contribution is 7.98. The molecular formula is C26H31ClFNO5S. The number of β-amino-alcohol motifs (C(OH)–C–C–N with tert-alkyl or cyclic N) is 1. The third-order valence-electron chi connectivity index (χ3n) is 6.66. The van der Waals surface area contributed by atoms with E-state index >= 15 is 0 Å². The van der Waals surface area contributed by atoms with Crippen LogP contribution in [-0.2, 0) is 16.0 Å². The van der Waals surface area contributed by atoms with Crippen LogP contribution < -0.4 is 10.1 Å². The Morgan fingerprint density at radius 1 is 1.34 bits per heavy atom. The molecule has 2 aromatic rings. The summed E-state index contributed by atoms with van der Waals surface area (Å²) in [6, 6.07) is 8.84. The van der Waals surface area contributed by atoms with Crippen molar-refractivity contribution in [1.29, 1.82) is 0 Å². The molecule has 2 aromatic carbocycles. The van der Waals surface area contributed by atoms with Crippen LogP contribution in [0.3, 0.4) is 0 Å². The third-order valence-corrected chi connectivity index (χ3v) is 7.73. The molecule has 3 unspecified atom stereocenters. The first kappa shape index (κ1) is 26.2. The normalized spacial score (nSPS) is 22.2. The standard InChI is InChI=1S/C26H31ClFNO5S/c1-13(16-6-7-17(27)23-20(16)21-22(25(31)32)24(21)34-23)33-12-15(30)11-29-26(2,3)10-14-5-8-19(35-4)18(28)9-14/h5-9,13,15,21-22,24,29-30H,10-12H2,1-4H3,(H,31,32)/t13-,15-,21?,22?,24?/m1/s1. The van der Waals surface area contributed by atoms with E-state index in [0.717, 1.165) is 16.7 Å². The highest BCUT2D eigenvalue weighted by Gasteiger charge is 2.64. The van der Waals surface area contributed by atoms with Crippen LogP contribution in [0.2, 0.25) is 5.02 Å². The van der Waals surface area contributed by atoms with Crippen molar-refractivity contribution in [3.05, 3.63) is 57.9 Å². The average Bonchev–Trinajstić information content (AvgIpc) is 3.38. The monoisotopic (exact) mass is 523 g/mol. The molecule has 9 heteroatoms.